The van der Waals surface area contributed by atoms with Gasteiger partial charge < -0.3 is 15.4 Å². The fourth-order valence-corrected chi connectivity index (χ4v) is 5.16. The standard InChI is InChI=1S/C23H25N7O2S/c31-22-19(28-23(32)29-22)8-13-10-25-30-20(26-16-5-6-16)9-18(27-21(13)30)14-7-17(33-12-14)11-24-15-3-1-2-4-15/h7-10,12,15-16,24,31H,1-6,11H2,(H2,28,29,32)/b13-8+,26-20?. The first kappa shape index (κ1) is 20.4. The zero-order chi connectivity index (χ0) is 22.4. The molecule has 0 bridgehead atoms. The summed E-state index contributed by atoms with van der Waals surface area (Å²) in [5, 5.41) is 20.9. The summed E-state index contributed by atoms with van der Waals surface area (Å²) in [5.74, 6) is -0.212. The Bertz CT molecular complexity index is 1490. The zero-order valence-corrected chi connectivity index (χ0v) is 18.9. The van der Waals surface area contributed by atoms with Crippen molar-refractivity contribution in [2.75, 3.05) is 0 Å². The summed E-state index contributed by atoms with van der Waals surface area (Å²) in [4.78, 5) is 27.4. The quantitative estimate of drug-likeness (QED) is 0.347. The van der Waals surface area contributed by atoms with Gasteiger partial charge >= 0.3 is 5.69 Å². The number of imidazole rings is 1. The normalized spacial score (nSPS) is 18.2. The Morgan fingerprint density at radius 2 is 2.09 bits per heavy atom. The van der Waals surface area contributed by atoms with Crippen LogP contribution < -0.4 is 21.7 Å². The minimum Gasteiger partial charge on any atom is -0.493 e. The number of aromatic nitrogens is 5. The van der Waals surface area contributed by atoms with E-state index in [1.165, 1.54) is 30.6 Å². The topological polar surface area (TPSA) is 123 Å². The molecule has 4 aromatic heterocycles. The molecule has 0 radical (unpaired) electrons. The van der Waals surface area contributed by atoms with Gasteiger partial charge in [-0.15, -0.1) is 11.3 Å². The van der Waals surface area contributed by atoms with Gasteiger partial charge in [0.1, 0.15) is 5.69 Å². The molecule has 0 spiro atoms. The van der Waals surface area contributed by atoms with Crippen molar-refractivity contribution in [3.05, 3.63) is 55.5 Å². The summed E-state index contributed by atoms with van der Waals surface area (Å²) in [7, 11) is 0. The van der Waals surface area contributed by atoms with Crippen LogP contribution >= 0.6 is 11.3 Å². The van der Waals surface area contributed by atoms with E-state index in [2.05, 4.69) is 31.8 Å². The van der Waals surface area contributed by atoms with Crippen molar-refractivity contribution < 1.29 is 5.11 Å². The molecule has 2 saturated carbocycles. The van der Waals surface area contributed by atoms with Crippen LogP contribution in [0.15, 0.2) is 33.5 Å². The van der Waals surface area contributed by atoms with Crippen LogP contribution in [0.1, 0.15) is 49.1 Å². The fraction of sp³-hybridized carbons (Fsp3) is 0.391. The lowest BCUT2D eigenvalue weighted by molar-refractivity contribution is 0.454. The molecule has 6 rings (SSSR count). The second kappa shape index (κ2) is 8.27. The number of rotatable bonds is 6. The first-order chi connectivity index (χ1) is 16.1. The summed E-state index contributed by atoms with van der Waals surface area (Å²) in [5.41, 5.74) is 3.12. The van der Waals surface area contributed by atoms with E-state index in [0.717, 1.165) is 36.1 Å². The molecule has 0 aliphatic heterocycles. The number of hydrogen-bond acceptors (Lipinski definition) is 7. The lowest BCUT2D eigenvalue weighted by Crippen LogP contribution is -2.24. The molecule has 9 nitrogen and oxygen atoms in total. The van der Waals surface area contributed by atoms with Crippen LogP contribution in [0.2, 0.25) is 0 Å². The maximum Gasteiger partial charge on any atom is 0.326 e. The summed E-state index contributed by atoms with van der Waals surface area (Å²) in [6.07, 6.45) is 10.7. The molecule has 0 amide bonds. The summed E-state index contributed by atoms with van der Waals surface area (Å²) in [6, 6.07) is 5.16. The first-order valence-corrected chi connectivity index (χ1v) is 12.3. The minimum atomic E-state index is -0.467. The lowest BCUT2D eigenvalue weighted by Gasteiger charge is -2.09. The third-order valence-electron chi connectivity index (χ3n) is 6.25. The number of hydrogen-bond donors (Lipinski definition) is 4. The number of H-pyrrole nitrogens is 2. The molecule has 0 atom stereocenters. The molecule has 2 fully saturated rings. The van der Waals surface area contributed by atoms with Gasteiger partial charge in [0, 0.05) is 39.7 Å². The highest BCUT2D eigenvalue weighted by Crippen LogP contribution is 2.26. The largest absolute Gasteiger partial charge is 0.493 e. The Kier molecular flexibility index (Phi) is 5.11. The number of aromatic hydroxyl groups is 1. The van der Waals surface area contributed by atoms with E-state index in [1.54, 1.807) is 28.1 Å². The average molecular weight is 464 g/mol. The van der Waals surface area contributed by atoms with Crippen molar-refractivity contribution in [2.45, 2.75) is 57.2 Å². The van der Waals surface area contributed by atoms with Gasteiger partial charge in [0.2, 0.25) is 5.88 Å². The molecular weight excluding hydrogens is 438 g/mol. The van der Waals surface area contributed by atoms with Crippen LogP contribution in [0.5, 0.6) is 5.88 Å². The third kappa shape index (κ3) is 4.23. The lowest BCUT2D eigenvalue weighted by atomic mass is 10.2. The molecule has 33 heavy (non-hydrogen) atoms. The highest BCUT2D eigenvalue weighted by Gasteiger charge is 2.21. The predicted octanol–water partition coefficient (Wildman–Crippen LogP) is 1.82. The number of aromatic amines is 2. The van der Waals surface area contributed by atoms with E-state index in [1.807, 2.05) is 6.07 Å². The van der Waals surface area contributed by atoms with Crippen LogP contribution in [0.4, 0.5) is 0 Å². The van der Waals surface area contributed by atoms with E-state index in [9.17, 15) is 9.90 Å². The van der Waals surface area contributed by atoms with Crippen molar-refractivity contribution in [1.82, 2.24) is 29.9 Å². The van der Waals surface area contributed by atoms with E-state index in [4.69, 9.17) is 9.98 Å². The summed E-state index contributed by atoms with van der Waals surface area (Å²) in [6.45, 7) is 0.878. The number of fused-ring (bicyclic) bond motifs is 1. The van der Waals surface area contributed by atoms with Gasteiger partial charge in [0.15, 0.2) is 11.1 Å². The molecule has 170 valence electrons. The van der Waals surface area contributed by atoms with Crippen molar-refractivity contribution in [3.8, 4) is 17.1 Å². The number of nitrogens with one attached hydrogen (secondary N) is 3. The molecule has 2 aliphatic carbocycles. The Balaban J connectivity index is 1.41. The Morgan fingerprint density at radius 1 is 1.24 bits per heavy atom. The highest BCUT2D eigenvalue weighted by molar-refractivity contribution is 7.10. The van der Waals surface area contributed by atoms with Gasteiger partial charge in [-0.05, 0) is 37.8 Å². The molecule has 4 heterocycles. The highest BCUT2D eigenvalue weighted by atomic mass is 32.1. The Morgan fingerprint density at radius 3 is 2.85 bits per heavy atom. The maximum absolute atomic E-state index is 11.5. The Labute approximate surface area is 192 Å². The number of nitrogens with zero attached hydrogens (tertiary/aromatic N) is 4. The van der Waals surface area contributed by atoms with Gasteiger partial charge in [-0.3, -0.25) is 9.98 Å². The molecule has 4 N–H and O–H groups in total. The zero-order valence-electron chi connectivity index (χ0n) is 18.0. The molecule has 0 unspecified atom stereocenters. The van der Waals surface area contributed by atoms with Gasteiger partial charge in [-0.25, -0.2) is 9.78 Å². The van der Waals surface area contributed by atoms with Gasteiger partial charge in [-0.1, -0.05) is 12.8 Å². The van der Waals surface area contributed by atoms with Crippen LogP contribution in [0.25, 0.3) is 23.0 Å². The van der Waals surface area contributed by atoms with Crippen LogP contribution in [-0.4, -0.2) is 41.8 Å². The molecular formula is C23H25N7O2S. The van der Waals surface area contributed by atoms with Crippen molar-refractivity contribution in [3.63, 3.8) is 0 Å². The summed E-state index contributed by atoms with van der Waals surface area (Å²) >= 11 is 1.74. The van der Waals surface area contributed by atoms with Gasteiger partial charge in [0.25, 0.3) is 0 Å². The van der Waals surface area contributed by atoms with E-state index in [-0.39, 0.29) is 5.88 Å². The SMILES string of the molecule is O=c1[nH]c(O)c(/C=c2\cnn3c(=NC4CC4)cc(-c4csc(CNC5CCCC5)c4)nc23)[nH]1. The molecule has 0 saturated heterocycles. The van der Waals surface area contributed by atoms with Crippen molar-refractivity contribution in [2.24, 2.45) is 4.99 Å². The van der Waals surface area contributed by atoms with Gasteiger partial charge in [0.05, 0.1) is 17.9 Å². The third-order valence-corrected chi connectivity index (χ3v) is 7.18. The van der Waals surface area contributed by atoms with E-state index < -0.39 is 5.69 Å². The van der Waals surface area contributed by atoms with Gasteiger partial charge in [-0.2, -0.15) is 9.61 Å². The smallest absolute Gasteiger partial charge is 0.326 e. The van der Waals surface area contributed by atoms with Crippen LogP contribution in [-0.2, 0) is 6.54 Å². The second-order valence-electron chi connectivity index (χ2n) is 8.84. The average Bonchev–Trinajstić information content (AvgIpc) is 3.22. The minimum absolute atomic E-state index is 0.212. The monoisotopic (exact) mass is 463 g/mol. The number of thiophene rings is 1. The molecule has 2 aliphatic rings. The van der Waals surface area contributed by atoms with Crippen LogP contribution in [0, 0.1) is 0 Å². The van der Waals surface area contributed by atoms with Crippen LogP contribution in [0.3, 0.4) is 0 Å². The summed E-state index contributed by atoms with van der Waals surface area (Å²) < 4.78 is 1.73. The maximum atomic E-state index is 11.5. The predicted molar refractivity (Wildman–Crippen MR) is 126 cm³/mol. The molecule has 4 aromatic rings. The Hall–Kier alpha value is -3.24. The second-order valence-corrected chi connectivity index (χ2v) is 9.84. The fourth-order valence-electron chi connectivity index (χ4n) is 4.33. The van der Waals surface area contributed by atoms with E-state index >= 15 is 0 Å². The molecule has 10 heteroatoms. The first-order valence-electron chi connectivity index (χ1n) is 11.4. The van der Waals surface area contributed by atoms with Crippen molar-refractivity contribution >= 4 is 23.1 Å². The van der Waals surface area contributed by atoms with E-state index in [0.29, 0.717) is 28.6 Å². The van der Waals surface area contributed by atoms with Crippen molar-refractivity contribution in [1.29, 1.82) is 0 Å². The molecule has 0 aromatic carbocycles.